The molecule has 0 saturated carbocycles. The Balaban J connectivity index is 1.54. The third-order valence-corrected chi connectivity index (χ3v) is 5.12. The van der Waals surface area contributed by atoms with Gasteiger partial charge in [0.1, 0.15) is 6.54 Å². The van der Waals surface area contributed by atoms with E-state index < -0.39 is 0 Å². The maximum atomic E-state index is 12.5. The van der Waals surface area contributed by atoms with Crippen molar-refractivity contribution >= 4 is 11.8 Å². The molecular weight excluding hydrogens is 322 g/mol. The number of amides is 2. The lowest BCUT2D eigenvalue weighted by Gasteiger charge is -2.45. The van der Waals surface area contributed by atoms with E-state index in [0.29, 0.717) is 26.2 Å². The third-order valence-electron chi connectivity index (χ3n) is 5.12. The van der Waals surface area contributed by atoms with Gasteiger partial charge < -0.3 is 15.0 Å². The van der Waals surface area contributed by atoms with Crippen LogP contribution in [0.3, 0.4) is 0 Å². The Morgan fingerprint density at radius 3 is 2.64 bits per heavy atom. The molecule has 1 N–H and O–H groups in total. The first-order chi connectivity index (χ1) is 12.0. The summed E-state index contributed by atoms with van der Waals surface area (Å²) in [4.78, 5) is 28.0. The van der Waals surface area contributed by atoms with Gasteiger partial charge in [0.05, 0.1) is 17.8 Å². The Kier molecular flexibility index (Phi) is 5.39. The van der Waals surface area contributed by atoms with Gasteiger partial charge in [-0.05, 0) is 19.4 Å². The molecule has 1 atom stereocenters. The molecule has 3 rings (SSSR count). The minimum atomic E-state index is -0.139. The second-order valence-corrected chi connectivity index (χ2v) is 6.96. The van der Waals surface area contributed by atoms with Gasteiger partial charge >= 0.3 is 0 Å². The lowest BCUT2D eigenvalue weighted by Crippen LogP contribution is -2.62. The van der Waals surface area contributed by atoms with Crippen LogP contribution in [0.25, 0.3) is 0 Å². The monoisotopic (exact) mass is 349 g/mol. The van der Waals surface area contributed by atoms with Gasteiger partial charge in [-0.3, -0.25) is 19.2 Å². The predicted octanol–water partition coefficient (Wildman–Crippen LogP) is -0.369. The van der Waals surface area contributed by atoms with Crippen LogP contribution in [-0.2, 0) is 20.9 Å². The average molecular weight is 349 g/mol. The number of aromatic nitrogens is 2. The fraction of sp³-hybridized carbons (Fsp3) is 0.706. The first-order valence-electron chi connectivity index (χ1n) is 8.84. The SMILES string of the molecule is CC(=O)NCC1(N2CCN(C(=O)Cn3ccc(C)n3)CC2)CCOC1. The molecule has 138 valence electrons. The van der Waals surface area contributed by atoms with Crippen molar-refractivity contribution in [2.45, 2.75) is 32.4 Å². The highest BCUT2D eigenvalue weighted by molar-refractivity contribution is 5.76. The van der Waals surface area contributed by atoms with Gasteiger partial charge in [0.2, 0.25) is 11.8 Å². The summed E-state index contributed by atoms with van der Waals surface area (Å²) in [6.07, 6.45) is 2.75. The molecule has 1 aromatic rings. The van der Waals surface area contributed by atoms with E-state index in [1.165, 1.54) is 6.92 Å². The number of piperazine rings is 1. The van der Waals surface area contributed by atoms with Crippen molar-refractivity contribution in [3.05, 3.63) is 18.0 Å². The van der Waals surface area contributed by atoms with Crippen LogP contribution in [0.4, 0.5) is 0 Å². The fourth-order valence-electron chi connectivity index (χ4n) is 3.61. The highest BCUT2D eigenvalue weighted by Crippen LogP contribution is 2.27. The van der Waals surface area contributed by atoms with Crippen molar-refractivity contribution in [3.63, 3.8) is 0 Å². The molecule has 1 aromatic heterocycles. The largest absolute Gasteiger partial charge is 0.379 e. The van der Waals surface area contributed by atoms with Crippen LogP contribution in [-0.4, -0.2) is 82.9 Å². The second kappa shape index (κ2) is 7.53. The van der Waals surface area contributed by atoms with Crippen molar-refractivity contribution in [1.82, 2.24) is 24.9 Å². The van der Waals surface area contributed by atoms with Crippen molar-refractivity contribution in [3.8, 4) is 0 Å². The summed E-state index contributed by atoms with van der Waals surface area (Å²) < 4.78 is 7.30. The van der Waals surface area contributed by atoms with Gasteiger partial charge in [0, 0.05) is 52.5 Å². The minimum Gasteiger partial charge on any atom is -0.379 e. The molecule has 2 fully saturated rings. The van der Waals surface area contributed by atoms with Gasteiger partial charge in [0.15, 0.2) is 0 Å². The Bertz CT molecular complexity index is 616. The number of nitrogens with one attached hydrogen (secondary N) is 1. The first kappa shape index (κ1) is 17.9. The minimum absolute atomic E-state index is 0.0189. The molecule has 0 aromatic carbocycles. The van der Waals surface area contributed by atoms with Crippen molar-refractivity contribution in [2.75, 3.05) is 45.9 Å². The summed E-state index contributed by atoms with van der Waals surface area (Å²) in [5.41, 5.74) is 0.777. The maximum absolute atomic E-state index is 12.5. The van der Waals surface area contributed by atoms with E-state index >= 15 is 0 Å². The van der Waals surface area contributed by atoms with Crippen molar-refractivity contribution < 1.29 is 14.3 Å². The molecule has 25 heavy (non-hydrogen) atoms. The smallest absolute Gasteiger partial charge is 0.244 e. The van der Waals surface area contributed by atoms with Crippen LogP contribution in [0, 0.1) is 6.92 Å². The van der Waals surface area contributed by atoms with Crippen LogP contribution in [0.1, 0.15) is 19.0 Å². The zero-order valence-electron chi connectivity index (χ0n) is 15.0. The summed E-state index contributed by atoms with van der Waals surface area (Å²) in [5, 5.41) is 7.22. The molecular formula is C17H27N5O3. The number of carbonyl (C=O) groups is 2. The first-order valence-corrected chi connectivity index (χ1v) is 8.84. The Morgan fingerprint density at radius 1 is 1.32 bits per heavy atom. The second-order valence-electron chi connectivity index (χ2n) is 6.96. The molecule has 8 heteroatoms. The van der Waals surface area contributed by atoms with Crippen molar-refractivity contribution in [2.24, 2.45) is 0 Å². The summed E-state index contributed by atoms with van der Waals surface area (Å²) in [7, 11) is 0. The van der Waals surface area contributed by atoms with E-state index in [1.807, 2.05) is 24.1 Å². The van der Waals surface area contributed by atoms with E-state index in [-0.39, 0.29) is 23.9 Å². The van der Waals surface area contributed by atoms with E-state index in [9.17, 15) is 9.59 Å². The molecule has 1 unspecified atom stereocenters. The fourth-order valence-corrected chi connectivity index (χ4v) is 3.61. The number of aryl methyl sites for hydroxylation is 1. The number of carbonyl (C=O) groups excluding carboxylic acids is 2. The zero-order chi connectivity index (χ0) is 17.9. The van der Waals surface area contributed by atoms with Gasteiger partial charge in [0.25, 0.3) is 0 Å². The van der Waals surface area contributed by atoms with Gasteiger partial charge in [-0.25, -0.2) is 0 Å². The van der Waals surface area contributed by atoms with E-state index in [0.717, 1.165) is 31.8 Å². The molecule has 2 aliphatic rings. The molecule has 8 nitrogen and oxygen atoms in total. The molecule has 3 heterocycles. The maximum Gasteiger partial charge on any atom is 0.244 e. The highest BCUT2D eigenvalue weighted by atomic mass is 16.5. The Labute approximate surface area is 148 Å². The number of ether oxygens (including phenoxy) is 1. The Hall–Kier alpha value is -1.93. The van der Waals surface area contributed by atoms with E-state index in [2.05, 4.69) is 15.3 Å². The van der Waals surface area contributed by atoms with Crippen LogP contribution < -0.4 is 5.32 Å². The van der Waals surface area contributed by atoms with Crippen LogP contribution in [0.2, 0.25) is 0 Å². The summed E-state index contributed by atoms with van der Waals surface area (Å²) in [6.45, 7) is 8.68. The average Bonchev–Trinajstić information content (AvgIpc) is 3.23. The third kappa shape index (κ3) is 4.19. The summed E-state index contributed by atoms with van der Waals surface area (Å²) in [5.74, 6) is 0.0796. The molecule has 0 spiro atoms. The van der Waals surface area contributed by atoms with Crippen LogP contribution in [0.5, 0.6) is 0 Å². The number of rotatable bonds is 5. The zero-order valence-corrected chi connectivity index (χ0v) is 15.0. The predicted molar refractivity (Wildman–Crippen MR) is 92.0 cm³/mol. The van der Waals surface area contributed by atoms with Crippen molar-refractivity contribution in [1.29, 1.82) is 0 Å². The van der Waals surface area contributed by atoms with Gasteiger partial charge in [-0.2, -0.15) is 5.10 Å². The molecule has 2 aliphatic heterocycles. The van der Waals surface area contributed by atoms with Crippen LogP contribution in [0.15, 0.2) is 12.3 Å². The highest BCUT2D eigenvalue weighted by Gasteiger charge is 2.42. The standard InChI is InChI=1S/C17H27N5O3/c1-14-3-5-22(19-14)11-16(24)20-6-8-21(9-7-20)17(4-10-25-13-17)12-18-15(2)23/h3,5H,4,6-13H2,1-2H3,(H,18,23). The lowest BCUT2D eigenvalue weighted by atomic mass is 9.95. The number of hydrogen-bond acceptors (Lipinski definition) is 5. The topological polar surface area (TPSA) is 79.7 Å². The molecule has 0 aliphatic carbocycles. The number of hydrogen-bond donors (Lipinski definition) is 1. The van der Waals surface area contributed by atoms with Crippen LogP contribution >= 0.6 is 0 Å². The van der Waals surface area contributed by atoms with Gasteiger partial charge in [-0.1, -0.05) is 0 Å². The molecule has 0 radical (unpaired) electrons. The summed E-state index contributed by atoms with van der Waals surface area (Å²) >= 11 is 0. The summed E-state index contributed by atoms with van der Waals surface area (Å²) in [6, 6.07) is 1.90. The van der Waals surface area contributed by atoms with E-state index in [1.54, 1.807) is 4.68 Å². The Morgan fingerprint density at radius 2 is 2.08 bits per heavy atom. The molecule has 2 saturated heterocycles. The van der Waals surface area contributed by atoms with E-state index in [4.69, 9.17) is 4.74 Å². The molecule has 0 bridgehead atoms. The number of nitrogens with zero attached hydrogens (tertiary/aromatic N) is 4. The molecule has 2 amide bonds. The van der Waals surface area contributed by atoms with Gasteiger partial charge in [-0.15, -0.1) is 0 Å². The lowest BCUT2D eigenvalue weighted by molar-refractivity contribution is -0.134. The quantitative estimate of drug-likeness (QED) is 0.785. The normalized spacial score (nSPS) is 24.5.